The van der Waals surface area contributed by atoms with Crippen LogP contribution in [0.2, 0.25) is 0 Å². The van der Waals surface area contributed by atoms with Gasteiger partial charge in [0.15, 0.2) is 0 Å². The van der Waals surface area contributed by atoms with E-state index in [1.165, 1.54) is 19.3 Å². The van der Waals surface area contributed by atoms with Gasteiger partial charge in [-0.2, -0.15) is 0 Å². The second-order valence-corrected chi connectivity index (χ2v) is 5.46. The number of rotatable bonds is 4. The van der Waals surface area contributed by atoms with E-state index in [9.17, 15) is 10.2 Å². The standard InChI is InChI=1S/C16H24O2/c1-2-12-8-6-7-11-14(12)16(18)15(17)13-9-4-3-5-10-13/h3-5,9-10,12,14-18H,2,6-8,11H2,1H3. The van der Waals surface area contributed by atoms with Crippen LogP contribution in [0.15, 0.2) is 30.3 Å². The third-order valence-corrected chi connectivity index (χ3v) is 4.40. The molecule has 2 rings (SSSR count). The van der Waals surface area contributed by atoms with Crippen LogP contribution in [-0.4, -0.2) is 16.3 Å². The highest BCUT2D eigenvalue weighted by molar-refractivity contribution is 5.18. The quantitative estimate of drug-likeness (QED) is 0.858. The first-order valence-electron chi connectivity index (χ1n) is 7.15. The van der Waals surface area contributed by atoms with Gasteiger partial charge < -0.3 is 10.2 Å². The van der Waals surface area contributed by atoms with E-state index in [1.54, 1.807) is 0 Å². The van der Waals surface area contributed by atoms with Gasteiger partial charge in [0.05, 0.1) is 6.10 Å². The predicted molar refractivity (Wildman–Crippen MR) is 73.1 cm³/mol. The van der Waals surface area contributed by atoms with Gasteiger partial charge in [0.25, 0.3) is 0 Å². The molecule has 0 amide bonds. The van der Waals surface area contributed by atoms with Gasteiger partial charge in [0.1, 0.15) is 6.10 Å². The van der Waals surface area contributed by atoms with Crippen molar-refractivity contribution in [2.45, 2.75) is 51.2 Å². The van der Waals surface area contributed by atoms with Crippen LogP contribution in [0.4, 0.5) is 0 Å². The molecule has 100 valence electrons. The van der Waals surface area contributed by atoms with E-state index in [-0.39, 0.29) is 5.92 Å². The summed E-state index contributed by atoms with van der Waals surface area (Å²) in [6.07, 6.45) is 4.41. The van der Waals surface area contributed by atoms with Gasteiger partial charge in [-0.25, -0.2) is 0 Å². The van der Waals surface area contributed by atoms with Crippen molar-refractivity contribution in [3.05, 3.63) is 35.9 Å². The van der Waals surface area contributed by atoms with Crippen molar-refractivity contribution in [2.24, 2.45) is 11.8 Å². The highest BCUT2D eigenvalue weighted by atomic mass is 16.3. The first-order valence-corrected chi connectivity index (χ1v) is 7.15. The van der Waals surface area contributed by atoms with Crippen molar-refractivity contribution < 1.29 is 10.2 Å². The summed E-state index contributed by atoms with van der Waals surface area (Å²) < 4.78 is 0. The molecule has 4 atom stereocenters. The fourth-order valence-corrected chi connectivity index (χ4v) is 3.27. The maximum Gasteiger partial charge on any atom is 0.105 e. The first-order chi connectivity index (χ1) is 8.74. The highest BCUT2D eigenvalue weighted by Gasteiger charge is 2.34. The normalized spacial score (nSPS) is 27.7. The fourth-order valence-electron chi connectivity index (χ4n) is 3.27. The van der Waals surface area contributed by atoms with E-state index >= 15 is 0 Å². The van der Waals surface area contributed by atoms with Gasteiger partial charge in [0.2, 0.25) is 0 Å². The average molecular weight is 248 g/mol. The van der Waals surface area contributed by atoms with Gasteiger partial charge in [0, 0.05) is 0 Å². The van der Waals surface area contributed by atoms with Crippen molar-refractivity contribution in [1.29, 1.82) is 0 Å². The van der Waals surface area contributed by atoms with Gasteiger partial charge in [-0.15, -0.1) is 0 Å². The van der Waals surface area contributed by atoms with Crippen LogP contribution in [0.25, 0.3) is 0 Å². The zero-order valence-electron chi connectivity index (χ0n) is 11.1. The molecule has 1 aliphatic carbocycles. The van der Waals surface area contributed by atoms with Crippen LogP contribution < -0.4 is 0 Å². The smallest absolute Gasteiger partial charge is 0.105 e. The van der Waals surface area contributed by atoms with Gasteiger partial charge in [-0.05, 0) is 23.8 Å². The summed E-state index contributed by atoms with van der Waals surface area (Å²) in [5, 5.41) is 20.8. The Kier molecular flexibility index (Phi) is 4.79. The Morgan fingerprint density at radius 1 is 1.11 bits per heavy atom. The molecule has 0 aliphatic heterocycles. The lowest BCUT2D eigenvalue weighted by Gasteiger charge is -2.36. The second-order valence-electron chi connectivity index (χ2n) is 5.46. The van der Waals surface area contributed by atoms with E-state index < -0.39 is 12.2 Å². The van der Waals surface area contributed by atoms with E-state index in [0.717, 1.165) is 18.4 Å². The Balaban J connectivity index is 2.07. The number of hydrogen-bond donors (Lipinski definition) is 2. The molecule has 0 spiro atoms. The third kappa shape index (κ3) is 2.93. The van der Waals surface area contributed by atoms with Crippen LogP contribution in [0, 0.1) is 11.8 Å². The summed E-state index contributed by atoms with van der Waals surface area (Å²) in [6, 6.07) is 9.51. The van der Waals surface area contributed by atoms with E-state index in [4.69, 9.17) is 0 Å². The van der Waals surface area contributed by atoms with Crippen molar-refractivity contribution in [1.82, 2.24) is 0 Å². The molecule has 0 bridgehead atoms. The summed E-state index contributed by atoms with van der Waals surface area (Å²) in [6.45, 7) is 2.19. The largest absolute Gasteiger partial charge is 0.390 e. The lowest BCUT2D eigenvalue weighted by atomic mass is 9.73. The summed E-state index contributed by atoms with van der Waals surface area (Å²) >= 11 is 0. The molecule has 1 aliphatic rings. The Morgan fingerprint density at radius 3 is 2.44 bits per heavy atom. The Labute approximate surface area is 110 Å². The van der Waals surface area contributed by atoms with Gasteiger partial charge in [-0.1, -0.05) is 62.9 Å². The summed E-state index contributed by atoms with van der Waals surface area (Å²) in [4.78, 5) is 0. The lowest BCUT2D eigenvalue weighted by molar-refractivity contribution is -0.0474. The molecule has 1 aromatic carbocycles. The molecular weight excluding hydrogens is 224 g/mol. The lowest BCUT2D eigenvalue weighted by Crippen LogP contribution is -2.34. The summed E-state index contributed by atoms with van der Waals surface area (Å²) in [5.74, 6) is 0.811. The molecule has 0 heterocycles. The fraction of sp³-hybridized carbons (Fsp3) is 0.625. The molecule has 0 aromatic heterocycles. The van der Waals surface area contributed by atoms with Crippen molar-refractivity contribution in [2.75, 3.05) is 0 Å². The second kappa shape index (κ2) is 6.35. The SMILES string of the molecule is CCC1CCCCC1C(O)C(O)c1ccccc1. The molecule has 2 nitrogen and oxygen atoms in total. The van der Waals surface area contributed by atoms with Gasteiger partial charge >= 0.3 is 0 Å². The van der Waals surface area contributed by atoms with Crippen LogP contribution in [0.3, 0.4) is 0 Å². The minimum absolute atomic E-state index is 0.249. The minimum atomic E-state index is -0.747. The van der Waals surface area contributed by atoms with E-state index in [1.807, 2.05) is 30.3 Å². The molecule has 0 saturated heterocycles. The summed E-state index contributed by atoms with van der Waals surface area (Å²) in [5.41, 5.74) is 0.824. The predicted octanol–water partition coefficient (Wildman–Crippen LogP) is 3.30. The van der Waals surface area contributed by atoms with Crippen molar-refractivity contribution in [3.63, 3.8) is 0 Å². The molecule has 1 fully saturated rings. The minimum Gasteiger partial charge on any atom is -0.390 e. The van der Waals surface area contributed by atoms with Crippen LogP contribution in [0.5, 0.6) is 0 Å². The molecule has 1 saturated carbocycles. The number of benzene rings is 1. The van der Waals surface area contributed by atoms with Crippen LogP contribution in [-0.2, 0) is 0 Å². The Hall–Kier alpha value is -0.860. The molecule has 2 heteroatoms. The zero-order chi connectivity index (χ0) is 13.0. The molecule has 0 radical (unpaired) electrons. The Morgan fingerprint density at radius 2 is 1.78 bits per heavy atom. The molecule has 18 heavy (non-hydrogen) atoms. The van der Waals surface area contributed by atoms with Crippen LogP contribution in [0.1, 0.15) is 50.7 Å². The van der Waals surface area contributed by atoms with Crippen LogP contribution >= 0.6 is 0 Å². The van der Waals surface area contributed by atoms with Crippen molar-refractivity contribution in [3.8, 4) is 0 Å². The zero-order valence-corrected chi connectivity index (χ0v) is 11.1. The molecule has 2 N–H and O–H groups in total. The molecular formula is C16H24O2. The number of hydrogen-bond acceptors (Lipinski definition) is 2. The average Bonchev–Trinajstić information content (AvgIpc) is 2.46. The third-order valence-electron chi connectivity index (χ3n) is 4.40. The monoisotopic (exact) mass is 248 g/mol. The Bertz CT molecular complexity index is 349. The maximum absolute atomic E-state index is 10.4. The van der Waals surface area contributed by atoms with Gasteiger partial charge in [-0.3, -0.25) is 0 Å². The van der Waals surface area contributed by atoms with E-state index in [0.29, 0.717) is 5.92 Å². The summed E-state index contributed by atoms with van der Waals surface area (Å²) in [7, 11) is 0. The number of aliphatic hydroxyl groups excluding tert-OH is 2. The van der Waals surface area contributed by atoms with E-state index in [2.05, 4.69) is 6.92 Å². The number of aliphatic hydroxyl groups is 2. The molecule has 1 aromatic rings. The highest BCUT2D eigenvalue weighted by Crippen LogP contribution is 2.38. The first kappa shape index (κ1) is 13.6. The topological polar surface area (TPSA) is 40.5 Å². The van der Waals surface area contributed by atoms with Crippen molar-refractivity contribution >= 4 is 0 Å². The maximum atomic E-state index is 10.4. The molecule has 4 unspecified atom stereocenters.